The van der Waals surface area contributed by atoms with Crippen LogP contribution in [-0.4, -0.2) is 43.7 Å². The van der Waals surface area contributed by atoms with Crippen molar-refractivity contribution in [1.82, 2.24) is 4.90 Å². The number of hydrogen-bond donors (Lipinski definition) is 1. The van der Waals surface area contributed by atoms with Gasteiger partial charge in [-0.3, -0.25) is 4.90 Å². The molecule has 21 heavy (non-hydrogen) atoms. The van der Waals surface area contributed by atoms with E-state index in [2.05, 4.69) is 43.3 Å². The maximum atomic E-state index is 6.29. The van der Waals surface area contributed by atoms with Gasteiger partial charge in [0.1, 0.15) is 5.75 Å². The molecular formula is C17H28N2OS. The molecule has 1 aromatic rings. The molecule has 0 amide bonds. The van der Waals surface area contributed by atoms with E-state index in [0.717, 1.165) is 24.3 Å². The number of ether oxygens (including phenoxy) is 1. The Morgan fingerprint density at radius 3 is 2.86 bits per heavy atom. The predicted molar refractivity (Wildman–Crippen MR) is 92.3 cm³/mol. The van der Waals surface area contributed by atoms with Crippen molar-refractivity contribution in [2.75, 3.05) is 32.7 Å². The highest BCUT2D eigenvalue weighted by atomic mass is 32.2. The molecule has 1 aliphatic rings. The highest BCUT2D eigenvalue weighted by Gasteiger charge is 2.40. The third-order valence-electron chi connectivity index (χ3n) is 4.94. The SMILES string of the molecule is COc1ccc2c(c1)C(CN)(N(C)C(C)CSC)CCC2. The van der Waals surface area contributed by atoms with Crippen molar-refractivity contribution >= 4 is 11.8 Å². The summed E-state index contributed by atoms with van der Waals surface area (Å²) in [5, 5.41) is 0. The van der Waals surface area contributed by atoms with Crippen LogP contribution in [0.2, 0.25) is 0 Å². The topological polar surface area (TPSA) is 38.5 Å². The molecule has 0 saturated carbocycles. The summed E-state index contributed by atoms with van der Waals surface area (Å²) in [5.74, 6) is 2.05. The number of nitrogens with zero attached hydrogens (tertiary/aromatic N) is 1. The van der Waals surface area contributed by atoms with Gasteiger partial charge in [0.15, 0.2) is 0 Å². The molecular weight excluding hydrogens is 280 g/mol. The van der Waals surface area contributed by atoms with E-state index in [1.54, 1.807) is 7.11 Å². The number of benzene rings is 1. The molecule has 2 rings (SSSR count). The Labute approximate surface area is 133 Å². The molecule has 118 valence electrons. The fraction of sp³-hybridized carbons (Fsp3) is 0.647. The van der Waals surface area contributed by atoms with Crippen LogP contribution in [-0.2, 0) is 12.0 Å². The maximum absolute atomic E-state index is 6.29. The first-order chi connectivity index (χ1) is 10.1. The van der Waals surface area contributed by atoms with Gasteiger partial charge in [-0.05, 0) is 62.7 Å². The van der Waals surface area contributed by atoms with E-state index < -0.39 is 0 Å². The summed E-state index contributed by atoms with van der Waals surface area (Å²) in [6.45, 7) is 2.95. The standard InChI is InChI=1S/C17H28N2OS/c1-13(11-21-4)19(2)17(12-18)9-5-6-14-7-8-15(20-3)10-16(14)17/h7-8,10,13H,5-6,9,11-12,18H2,1-4H3. The minimum absolute atomic E-state index is 0.0583. The lowest BCUT2D eigenvalue weighted by molar-refractivity contribution is 0.0743. The molecule has 0 radical (unpaired) electrons. The molecule has 0 spiro atoms. The molecule has 0 fully saturated rings. The number of hydrogen-bond acceptors (Lipinski definition) is 4. The Hall–Kier alpha value is -0.710. The molecule has 2 unspecified atom stereocenters. The summed E-state index contributed by atoms with van der Waals surface area (Å²) in [6, 6.07) is 6.98. The van der Waals surface area contributed by atoms with Crippen molar-refractivity contribution in [2.24, 2.45) is 5.73 Å². The molecule has 2 atom stereocenters. The van der Waals surface area contributed by atoms with Crippen molar-refractivity contribution in [1.29, 1.82) is 0 Å². The van der Waals surface area contributed by atoms with Gasteiger partial charge in [0.25, 0.3) is 0 Å². The van der Waals surface area contributed by atoms with Gasteiger partial charge in [0, 0.05) is 18.3 Å². The van der Waals surface area contributed by atoms with Gasteiger partial charge < -0.3 is 10.5 Å². The van der Waals surface area contributed by atoms with E-state index in [0.29, 0.717) is 12.6 Å². The molecule has 0 saturated heterocycles. The first-order valence-corrected chi connectivity index (χ1v) is 9.07. The highest BCUT2D eigenvalue weighted by molar-refractivity contribution is 7.98. The van der Waals surface area contributed by atoms with Crippen LogP contribution in [0.1, 0.15) is 30.9 Å². The summed E-state index contributed by atoms with van der Waals surface area (Å²) in [7, 11) is 3.96. The smallest absolute Gasteiger partial charge is 0.119 e. The minimum Gasteiger partial charge on any atom is -0.497 e. The van der Waals surface area contributed by atoms with E-state index in [1.165, 1.54) is 17.5 Å². The second-order valence-corrected chi connectivity index (χ2v) is 6.94. The molecule has 2 N–H and O–H groups in total. The van der Waals surface area contributed by atoms with E-state index in [4.69, 9.17) is 10.5 Å². The van der Waals surface area contributed by atoms with Crippen molar-refractivity contribution in [3.8, 4) is 5.75 Å². The van der Waals surface area contributed by atoms with E-state index in [-0.39, 0.29) is 5.54 Å². The van der Waals surface area contributed by atoms with Crippen LogP contribution in [0.5, 0.6) is 5.75 Å². The van der Waals surface area contributed by atoms with Crippen molar-refractivity contribution < 1.29 is 4.74 Å². The first-order valence-electron chi connectivity index (χ1n) is 7.68. The Bertz CT molecular complexity index is 480. The van der Waals surface area contributed by atoms with Gasteiger partial charge in [-0.2, -0.15) is 11.8 Å². The second-order valence-electron chi connectivity index (χ2n) is 6.03. The zero-order valence-electron chi connectivity index (χ0n) is 13.7. The van der Waals surface area contributed by atoms with Crippen LogP contribution < -0.4 is 10.5 Å². The molecule has 3 nitrogen and oxygen atoms in total. The van der Waals surface area contributed by atoms with Gasteiger partial charge >= 0.3 is 0 Å². The number of aryl methyl sites for hydroxylation is 1. The third kappa shape index (κ3) is 3.08. The minimum atomic E-state index is -0.0583. The lowest BCUT2D eigenvalue weighted by Gasteiger charge is -2.48. The molecule has 4 heteroatoms. The molecule has 0 aliphatic heterocycles. The number of methoxy groups -OCH3 is 1. The van der Waals surface area contributed by atoms with Gasteiger partial charge in [-0.25, -0.2) is 0 Å². The summed E-state index contributed by atoms with van der Waals surface area (Å²) in [6.07, 6.45) is 5.63. The summed E-state index contributed by atoms with van der Waals surface area (Å²) >= 11 is 1.89. The summed E-state index contributed by atoms with van der Waals surface area (Å²) < 4.78 is 5.44. The monoisotopic (exact) mass is 308 g/mol. The zero-order valence-corrected chi connectivity index (χ0v) is 14.5. The number of rotatable bonds is 6. The lowest BCUT2D eigenvalue weighted by atomic mass is 9.75. The van der Waals surface area contributed by atoms with Crippen LogP contribution in [0.4, 0.5) is 0 Å². The van der Waals surface area contributed by atoms with Crippen molar-refractivity contribution in [3.05, 3.63) is 29.3 Å². The average molecular weight is 308 g/mol. The van der Waals surface area contributed by atoms with Crippen LogP contribution in [0, 0.1) is 0 Å². The number of nitrogens with two attached hydrogens (primary N) is 1. The summed E-state index contributed by atoms with van der Waals surface area (Å²) in [5.41, 5.74) is 9.03. The third-order valence-corrected chi connectivity index (χ3v) is 5.75. The van der Waals surface area contributed by atoms with E-state index in [9.17, 15) is 0 Å². The van der Waals surface area contributed by atoms with E-state index in [1.807, 2.05) is 11.8 Å². The molecule has 1 aromatic carbocycles. The fourth-order valence-corrected chi connectivity index (χ4v) is 4.24. The Morgan fingerprint density at radius 2 is 2.24 bits per heavy atom. The largest absolute Gasteiger partial charge is 0.497 e. The normalized spacial score (nSPS) is 23.0. The number of thioether (sulfide) groups is 1. The van der Waals surface area contributed by atoms with Gasteiger partial charge in [-0.15, -0.1) is 0 Å². The van der Waals surface area contributed by atoms with Crippen LogP contribution >= 0.6 is 11.8 Å². The number of likely N-dealkylation sites (N-methyl/N-ethyl adjacent to an activating group) is 1. The van der Waals surface area contributed by atoms with Crippen LogP contribution in [0.25, 0.3) is 0 Å². The number of fused-ring (bicyclic) bond motifs is 1. The highest BCUT2D eigenvalue weighted by Crippen LogP contribution is 2.41. The maximum Gasteiger partial charge on any atom is 0.119 e. The van der Waals surface area contributed by atoms with E-state index >= 15 is 0 Å². The first kappa shape index (κ1) is 16.7. The molecule has 0 aromatic heterocycles. The molecule has 0 heterocycles. The summed E-state index contributed by atoms with van der Waals surface area (Å²) in [4.78, 5) is 2.49. The Balaban J connectivity index is 2.45. The van der Waals surface area contributed by atoms with Crippen molar-refractivity contribution in [3.63, 3.8) is 0 Å². The quantitative estimate of drug-likeness (QED) is 0.877. The Kier molecular flexibility index (Phi) is 5.58. The van der Waals surface area contributed by atoms with Crippen LogP contribution in [0.15, 0.2) is 18.2 Å². The fourth-order valence-electron chi connectivity index (χ4n) is 3.54. The Morgan fingerprint density at radius 1 is 1.48 bits per heavy atom. The zero-order chi connectivity index (χ0) is 15.5. The van der Waals surface area contributed by atoms with Crippen molar-refractivity contribution in [2.45, 2.75) is 37.8 Å². The van der Waals surface area contributed by atoms with Gasteiger partial charge in [0.2, 0.25) is 0 Å². The second kappa shape index (κ2) is 7.03. The predicted octanol–water partition coefficient (Wildman–Crippen LogP) is 2.87. The molecule has 0 bridgehead atoms. The van der Waals surface area contributed by atoms with Gasteiger partial charge in [-0.1, -0.05) is 6.07 Å². The average Bonchev–Trinajstić information content (AvgIpc) is 2.53. The van der Waals surface area contributed by atoms with Gasteiger partial charge in [0.05, 0.1) is 12.6 Å². The van der Waals surface area contributed by atoms with Crippen LogP contribution in [0.3, 0.4) is 0 Å². The molecule has 1 aliphatic carbocycles. The lowest BCUT2D eigenvalue weighted by Crippen LogP contribution is -2.55.